The SMILES string of the molecule is CCC(C)n1c(C)nc2c(c1=O)c1nc3ccccc3nc1n2-c1cccc(C(F)(F)F)c1. The second-order valence-corrected chi connectivity index (χ2v) is 8.06. The van der Waals surface area contributed by atoms with E-state index in [4.69, 9.17) is 0 Å². The number of hydrogen-bond acceptors (Lipinski definition) is 4. The molecular weight excluding hydrogens is 431 g/mol. The normalized spacial score (nSPS) is 13.3. The first-order valence-electron chi connectivity index (χ1n) is 10.6. The van der Waals surface area contributed by atoms with Gasteiger partial charge in [0.15, 0.2) is 11.3 Å². The van der Waals surface area contributed by atoms with Crippen molar-refractivity contribution >= 4 is 33.2 Å². The molecule has 6 nitrogen and oxygen atoms in total. The quantitative estimate of drug-likeness (QED) is 0.359. The van der Waals surface area contributed by atoms with Crippen molar-refractivity contribution in [1.82, 2.24) is 24.1 Å². The van der Waals surface area contributed by atoms with Gasteiger partial charge < -0.3 is 0 Å². The van der Waals surface area contributed by atoms with Crippen LogP contribution in [0.1, 0.15) is 37.7 Å². The molecule has 168 valence electrons. The molecule has 0 aliphatic carbocycles. The van der Waals surface area contributed by atoms with Crippen LogP contribution in [0.15, 0.2) is 53.3 Å². The summed E-state index contributed by atoms with van der Waals surface area (Å²) in [5.41, 5.74) is 1.12. The van der Waals surface area contributed by atoms with Gasteiger partial charge in [-0.05, 0) is 50.6 Å². The summed E-state index contributed by atoms with van der Waals surface area (Å²) >= 11 is 0. The first kappa shape index (κ1) is 21.1. The molecule has 0 amide bonds. The van der Waals surface area contributed by atoms with Gasteiger partial charge in [-0.25, -0.2) is 15.0 Å². The molecule has 3 heterocycles. The molecule has 0 aliphatic rings. The minimum absolute atomic E-state index is 0.102. The Kier molecular flexibility index (Phi) is 4.73. The molecule has 5 aromatic rings. The van der Waals surface area contributed by atoms with Crippen LogP contribution in [0.25, 0.3) is 38.9 Å². The van der Waals surface area contributed by atoms with E-state index in [9.17, 15) is 18.0 Å². The van der Waals surface area contributed by atoms with E-state index in [1.807, 2.05) is 19.9 Å². The Morgan fingerprint density at radius 1 is 0.970 bits per heavy atom. The average Bonchev–Trinajstić information content (AvgIpc) is 3.09. The maximum absolute atomic E-state index is 13.6. The van der Waals surface area contributed by atoms with Gasteiger partial charge >= 0.3 is 6.18 Å². The number of benzene rings is 2. The fourth-order valence-electron chi connectivity index (χ4n) is 4.18. The van der Waals surface area contributed by atoms with E-state index < -0.39 is 11.7 Å². The summed E-state index contributed by atoms with van der Waals surface area (Å²) in [5, 5.41) is 0.242. The summed E-state index contributed by atoms with van der Waals surface area (Å²) < 4.78 is 43.4. The summed E-state index contributed by atoms with van der Waals surface area (Å²) in [5.74, 6) is 0.474. The van der Waals surface area contributed by atoms with Crippen LogP contribution in [-0.2, 0) is 6.18 Å². The van der Waals surface area contributed by atoms with Crippen LogP contribution < -0.4 is 5.56 Å². The largest absolute Gasteiger partial charge is 0.416 e. The molecule has 0 spiro atoms. The van der Waals surface area contributed by atoms with Gasteiger partial charge in [0.1, 0.15) is 16.7 Å². The number of halogens is 3. The molecule has 1 atom stereocenters. The molecule has 0 fully saturated rings. The Balaban J connectivity index is 1.98. The van der Waals surface area contributed by atoms with Crippen molar-refractivity contribution < 1.29 is 13.2 Å². The average molecular weight is 451 g/mol. The minimum atomic E-state index is -4.51. The maximum Gasteiger partial charge on any atom is 0.416 e. The summed E-state index contributed by atoms with van der Waals surface area (Å²) in [6.07, 6.45) is -3.80. The monoisotopic (exact) mass is 451 g/mol. The first-order valence-corrected chi connectivity index (χ1v) is 10.6. The van der Waals surface area contributed by atoms with Crippen LogP contribution in [0, 0.1) is 6.92 Å². The molecule has 5 rings (SSSR count). The zero-order chi connectivity index (χ0) is 23.5. The lowest BCUT2D eigenvalue weighted by Gasteiger charge is -2.16. The van der Waals surface area contributed by atoms with Gasteiger partial charge in [0, 0.05) is 11.7 Å². The molecule has 0 saturated carbocycles. The molecule has 3 aromatic heterocycles. The number of rotatable bonds is 3. The van der Waals surface area contributed by atoms with E-state index in [0.717, 1.165) is 18.6 Å². The topological polar surface area (TPSA) is 65.6 Å². The first-order chi connectivity index (χ1) is 15.7. The highest BCUT2D eigenvalue weighted by Gasteiger charge is 2.31. The highest BCUT2D eigenvalue weighted by molar-refractivity contribution is 6.05. The number of alkyl halides is 3. The van der Waals surface area contributed by atoms with Crippen molar-refractivity contribution in [3.8, 4) is 5.69 Å². The standard InChI is InChI=1S/C24H20F3N5O/c1-4-13(2)31-14(3)28-21-19(23(31)33)20-22(30-18-11-6-5-10-17(18)29-20)32(21)16-9-7-8-15(12-16)24(25,26)27/h5-13H,4H2,1-3H3. The number of aryl methyl sites for hydroxylation is 1. The Hall–Kier alpha value is -3.75. The summed E-state index contributed by atoms with van der Waals surface area (Å²) in [6, 6.07) is 12.0. The Bertz CT molecular complexity index is 1600. The van der Waals surface area contributed by atoms with Gasteiger partial charge in [-0.2, -0.15) is 13.2 Å². The molecule has 0 N–H and O–H groups in total. The van der Waals surface area contributed by atoms with Gasteiger partial charge in [-0.3, -0.25) is 13.9 Å². The number of aromatic nitrogens is 5. The number of nitrogens with zero attached hydrogens (tertiary/aromatic N) is 5. The number of hydrogen-bond donors (Lipinski definition) is 0. The molecular formula is C24H20F3N5O. The lowest BCUT2D eigenvalue weighted by molar-refractivity contribution is -0.137. The fraction of sp³-hybridized carbons (Fsp3) is 0.250. The molecule has 0 radical (unpaired) electrons. The van der Waals surface area contributed by atoms with Crippen LogP contribution in [0.2, 0.25) is 0 Å². The predicted octanol–water partition coefficient (Wildman–Crippen LogP) is 5.58. The van der Waals surface area contributed by atoms with Crippen LogP contribution in [-0.4, -0.2) is 24.1 Å². The number of para-hydroxylation sites is 2. The van der Waals surface area contributed by atoms with Crippen molar-refractivity contribution in [2.75, 3.05) is 0 Å². The molecule has 9 heteroatoms. The van der Waals surface area contributed by atoms with Crippen molar-refractivity contribution in [2.45, 2.75) is 39.4 Å². The maximum atomic E-state index is 13.6. The fourth-order valence-corrected chi connectivity index (χ4v) is 4.18. The third-order valence-corrected chi connectivity index (χ3v) is 5.95. The predicted molar refractivity (Wildman–Crippen MR) is 121 cm³/mol. The highest BCUT2D eigenvalue weighted by Crippen LogP contribution is 2.33. The van der Waals surface area contributed by atoms with Crippen molar-refractivity contribution in [3.05, 3.63) is 70.3 Å². The molecule has 2 aromatic carbocycles. The Morgan fingerprint density at radius 3 is 2.33 bits per heavy atom. The summed E-state index contributed by atoms with van der Waals surface area (Å²) in [6.45, 7) is 5.62. The second kappa shape index (κ2) is 7.40. The third kappa shape index (κ3) is 3.26. The van der Waals surface area contributed by atoms with Crippen molar-refractivity contribution in [3.63, 3.8) is 0 Å². The van der Waals surface area contributed by atoms with Gasteiger partial charge in [-0.15, -0.1) is 0 Å². The number of fused-ring (bicyclic) bond motifs is 4. The Morgan fingerprint density at radius 2 is 1.67 bits per heavy atom. The van der Waals surface area contributed by atoms with Gasteiger partial charge in [-0.1, -0.05) is 25.1 Å². The third-order valence-electron chi connectivity index (χ3n) is 5.95. The van der Waals surface area contributed by atoms with Crippen LogP contribution in [0.4, 0.5) is 13.2 Å². The van der Waals surface area contributed by atoms with E-state index in [-0.39, 0.29) is 34.0 Å². The van der Waals surface area contributed by atoms with E-state index in [1.54, 1.807) is 35.8 Å². The van der Waals surface area contributed by atoms with Crippen molar-refractivity contribution in [2.24, 2.45) is 0 Å². The van der Waals surface area contributed by atoms with E-state index >= 15 is 0 Å². The summed E-state index contributed by atoms with van der Waals surface area (Å²) in [4.78, 5) is 27.7. The summed E-state index contributed by atoms with van der Waals surface area (Å²) in [7, 11) is 0. The lowest BCUT2D eigenvalue weighted by atomic mass is 10.2. The van der Waals surface area contributed by atoms with Crippen LogP contribution in [0.3, 0.4) is 0 Å². The molecule has 0 saturated heterocycles. The van der Waals surface area contributed by atoms with Crippen LogP contribution >= 0.6 is 0 Å². The van der Waals surface area contributed by atoms with Crippen molar-refractivity contribution in [1.29, 1.82) is 0 Å². The van der Waals surface area contributed by atoms with E-state index in [0.29, 0.717) is 22.4 Å². The molecule has 0 aliphatic heterocycles. The van der Waals surface area contributed by atoms with Gasteiger partial charge in [0.05, 0.1) is 16.6 Å². The molecule has 1 unspecified atom stereocenters. The zero-order valence-corrected chi connectivity index (χ0v) is 18.2. The van der Waals surface area contributed by atoms with Gasteiger partial charge in [0.25, 0.3) is 5.56 Å². The lowest BCUT2D eigenvalue weighted by Crippen LogP contribution is -2.26. The molecule has 33 heavy (non-hydrogen) atoms. The zero-order valence-electron chi connectivity index (χ0n) is 18.2. The van der Waals surface area contributed by atoms with E-state index in [1.165, 1.54) is 10.6 Å². The minimum Gasteiger partial charge on any atom is -0.293 e. The van der Waals surface area contributed by atoms with E-state index in [2.05, 4.69) is 15.0 Å². The molecule has 0 bridgehead atoms. The smallest absolute Gasteiger partial charge is 0.293 e. The van der Waals surface area contributed by atoms with Gasteiger partial charge in [0.2, 0.25) is 0 Å². The highest BCUT2D eigenvalue weighted by atomic mass is 19.4. The Labute approximate surface area is 186 Å². The van der Waals surface area contributed by atoms with Crippen LogP contribution in [0.5, 0.6) is 0 Å². The second-order valence-electron chi connectivity index (χ2n) is 8.06.